The van der Waals surface area contributed by atoms with Gasteiger partial charge in [-0.3, -0.25) is 4.79 Å². The number of piperazine rings is 1. The average Bonchev–Trinajstić information content (AvgIpc) is 3.16. The molecule has 5 nitrogen and oxygen atoms in total. The molecule has 1 amide bonds. The van der Waals surface area contributed by atoms with Gasteiger partial charge in [-0.1, -0.05) is 39.8 Å². The monoisotopic (exact) mass is 408 g/mol. The number of carbonyl (C=O) groups is 1. The van der Waals surface area contributed by atoms with Crippen LogP contribution in [0.3, 0.4) is 0 Å². The Hall–Kier alpha value is -2.47. The van der Waals surface area contributed by atoms with E-state index in [1.165, 1.54) is 10.4 Å². The van der Waals surface area contributed by atoms with Gasteiger partial charge in [0.2, 0.25) is 0 Å². The second-order valence-electron chi connectivity index (χ2n) is 8.59. The highest BCUT2D eigenvalue weighted by Gasteiger charge is 2.25. The minimum Gasteiger partial charge on any atom is -0.352 e. The van der Waals surface area contributed by atoms with Crippen LogP contribution in [-0.4, -0.2) is 47.0 Å². The molecular formula is C23H28N4OS. The molecule has 1 saturated heterocycles. The van der Waals surface area contributed by atoms with Gasteiger partial charge in [0, 0.05) is 36.6 Å². The van der Waals surface area contributed by atoms with Gasteiger partial charge in [-0.05, 0) is 35.6 Å². The average molecular weight is 409 g/mol. The maximum absolute atomic E-state index is 12.9. The Kier molecular flexibility index (Phi) is 5.30. The molecule has 0 spiro atoms. The van der Waals surface area contributed by atoms with Gasteiger partial charge in [0.1, 0.15) is 17.0 Å². The molecule has 0 unspecified atom stereocenters. The second-order valence-corrected chi connectivity index (χ2v) is 9.70. The zero-order valence-corrected chi connectivity index (χ0v) is 18.4. The molecule has 4 rings (SSSR count). The molecular weight excluding hydrogens is 380 g/mol. The summed E-state index contributed by atoms with van der Waals surface area (Å²) in [4.78, 5) is 28.5. The van der Waals surface area contributed by atoms with Crippen molar-refractivity contribution in [3.8, 4) is 0 Å². The summed E-state index contributed by atoms with van der Waals surface area (Å²) in [6.45, 7) is 11.7. The Labute approximate surface area is 176 Å². The SMILES string of the molecule is CCc1cc2c(N3CCN(C(=O)c4ccc(C(C)(C)C)cc4)CC3)ncnc2s1. The van der Waals surface area contributed by atoms with E-state index < -0.39 is 0 Å². The molecule has 0 bridgehead atoms. The molecule has 6 heteroatoms. The van der Waals surface area contributed by atoms with Crippen LogP contribution in [0.4, 0.5) is 5.82 Å². The first-order valence-corrected chi connectivity index (χ1v) is 11.1. The van der Waals surface area contributed by atoms with Crippen molar-refractivity contribution < 1.29 is 4.79 Å². The smallest absolute Gasteiger partial charge is 0.253 e. The zero-order valence-electron chi connectivity index (χ0n) is 17.6. The fourth-order valence-electron chi connectivity index (χ4n) is 3.74. The maximum atomic E-state index is 12.9. The standard InChI is InChI=1S/C23H28N4OS/c1-5-18-14-19-20(24-15-25-21(19)29-18)26-10-12-27(13-11-26)22(28)16-6-8-17(9-7-16)23(2,3)4/h6-9,14-15H,5,10-13H2,1-4H3. The fraction of sp³-hybridized carbons (Fsp3) is 0.435. The van der Waals surface area contributed by atoms with Crippen LogP contribution in [0.2, 0.25) is 0 Å². The molecule has 0 radical (unpaired) electrons. The molecule has 29 heavy (non-hydrogen) atoms. The molecule has 0 atom stereocenters. The predicted octanol–water partition coefficient (Wildman–Crippen LogP) is 4.51. The van der Waals surface area contributed by atoms with Gasteiger partial charge in [-0.15, -0.1) is 11.3 Å². The molecule has 3 aromatic rings. The molecule has 3 heterocycles. The highest BCUT2D eigenvalue weighted by molar-refractivity contribution is 7.18. The van der Waals surface area contributed by atoms with E-state index in [2.05, 4.69) is 60.8 Å². The number of amides is 1. The highest BCUT2D eigenvalue weighted by Crippen LogP contribution is 2.31. The molecule has 1 aromatic carbocycles. The number of hydrogen-bond donors (Lipinski definition) is 0. The quantitative estimate of drug-likeness (QED) is 0.640. The summed E-state index contributed by atoms with van der Waals surface area (Å²) in [5, 5.41) is 1.13. The van der Waals surface area contributed by atoms with E-state index >= 15 is 0 Å². The summed E-state index contributed by atoms with van der Waals surface area (Å²) in [6.07, 6.45) is 2.67. The largest absolute Gasteiger partial charge is 0.352 e. The number of benzene rings is 1. The van der Waals surface area contributed by atoms with Crippen molar-refractivity contribution in [3.05, 3.63) is 52.7 Å². The molecule has 0 aliphatic carbocycles. The minimum absolute atomic E-state index is 0.0926. The Bertz CT molecular complexity index is 1010. The minimum atomic E-state index is 0.0926. The predicted molar refractivity (Wildman–Crippen MR) is 120 cm³/mol. The molecule has 1 aliphatic heterocycles. The van der Waals surface area contributed by atoms with Crippen molar-refractivity contribution >= 4 is 33.3 Å². The van der Waals surface area contributed by atoms with E-state index in [4.69, 9.17) is 0 Å². The van der Waals surface area contributed by atoms with Gasteiger partial charge in [-0.2, -0.15) is 0 Å². The number of thiophene rings is 1. The van der Waals surface area contributed by atoms with Crippen LogP contribution in [0.1, 0.15) is 48.5 Å². The highest BCUT2D eigenvalue weighted by atomic mass is 32.1. The van der Waals surface area contributed by atoms with E-state index in [1.807, 2.05) is 17.0 Å². The molecule has 152 valence electrons. The zero-order chi connectivity index (χ0) is 20.6. The lowest BCUT2D eigenvalue weighted by molar-refractivity contribution is 0.0746. The third-order valence-electron chi connectivity index (χ3n) is 5.57. The number of rotatable bonds is 3. The maximum Gasteiger partial charge on any atom is 0.253 e. The lowest BCUT2D eigenvalue weighted by atomic mass is 9.86. The summed E-state index contributed by atoms with van der Waals surface area (Å²) < 4.78 is 0. The fourth-order valence-corrected chi connectivity index (χ4v) is 4.67. The number of anilines is 1. The normalized spacial score (nSPS) is 15.2. The van der Waals surface area contributed by atoms with Crippen LogP contribution in [0.15, 0.2) is 36.7 Å². The summed E-state index contributed by atoms with van der Waals surface area (Å²) >= 11 is 1.74. The van der Waals surface area contributed by atoms with Crippen molar-refractivity contribution in [1.82, 2.24) is 14.9 Å². The summed E-state index contributed by atoms with van der Waals surface area (Å²) in [5.74, 6) is 1.11. The van der Waals surface area contributed by atoms with Crippen LogP contribution in [0.5, 0.6) is 0 Å². The number of nitrogens with zero attached hydrogens (tertiary/aromatic N) is 4. The van der Waals surface area contributed by atoms with Crippen LogP contribution in [0, 0.1) is 0 Å². The lowest BCUT2D eigenvalue weighted by Crippen LogP contribution is -2.49. The Balaban J connectivity index is 1.46. The summed E-state index contributed by atoms with van der Waals surface area (Å²) in [5.41, 5.74) is 2.10. The van der Waals surface area contributed by atoms with E-state index in [0.29, 0.717) is 13.1 Å². The number of aromatic nitrogens is 2. The lowest BCUT2D eigenvalue weighted by Gasteiger charge is -2.35. The van der Waals surface area contributed by atoms with E-state index in [9.17, 15) is 4.79 Å². The molecule has 1 aliphatic rings. The van der Waals surface area contributed by atoms with Gasteiger partial charge < -0.3 is 9.80 Å². The first kappa shape index (κ1) is 19.8. The molecule has 0 saturated carbocycles. The number of aryl methyl sites for hydroxylation is 1. The van der Waals surface area contributed by atoms with Crippen LogP contribution in [-0.2, 0) is 11.8 Å². The van der Waals surface area contributed by atoms with E-state index in [-0.39, 0.29) is 11.3 Å². The molecule has 0 N–H and O–H groups in total. The second kappa shape index (κ2) is 7.75. The topological polar surface area (TPSA) is 49.3 Å². The van der Waals surface area contributed by atoms with Crippen molar-refractivity contribution in [2.75, 3.05) is 31.1 Å². The number of carbonyl (C=O) groups excluding carboxylic acids is 1. The summed E-state index contributed by atoms with van der Waals surface area (Å²) in [7, 11) is 0. The van der Waals surface area contributed by atoms with Crippen molar-refractivity contribution in [2.45, 2.75) is 39.5 Å². The Morgan fingerprint density at radius 1 is 1.07 bits per heavy atom. The van der Waals surface area contributed by atoms with Crippen molar-refractivity contribution in [1.29, 1.82) is 0 Å². The van der Waals surface area contributed by atoms with Gasteiger partial charge in [0.05, 0.1) is 5.39 Å². The Morgan fingerprint density at radius 2 is 1.76 bits per heavy atom. The van der Waals surface area contributed by atoms with E-state index in [1.54, 1.807) is 17.7 Å². The molecule has 1 fully saturated rings. The van der Waals surface area contributed by atoms with Crippen molar-refractivity contribution in [3.63, 3.8) is 0 Å². The molecule has 2 aromatic heterocycles. The van der Waals surface area contributed by atoms with Crippen molar-refractivity contribution in [2.24, 2.45) is 0 Å². The first-order valence-electron chi connectivity index (χ1n) is 10.2. The van der Waals surface area contributed by atoms with Gasteiger partial charge >= 0.3 is 0 Å². The van der Waals surface area contributed by atoms with Crippen LogP contribution >= 0.6 is 11.3 Å². The van der Waals surface area contributed by atoms with Gasteiger partial charge in [0.25, 0.3) is 5.91 Å². The summed E-state index contributed by atoms with van der Waals surface area (Å²) in [6, 6.07) is 10.3. The van der Waals surface area contributed by atoms with Gasteiger partial charge in [-0.25, -0.2) is 9.97 Å². The van der Waals surface area contributed by atoms with Gasteiger partial charge in [0.15, 0.2) is 0 Å². The first-order chi connectivity index (χ1) is 13.9. The Morgan fingerprint density at radius 3 is 2.38 bits per heavy atom. The third-order valence-corrected chi connectivity index (χ3v) is 6.76. The van der Waals surface area contributed by atoms with Crippen LogP contribution < -0.4 is 4.90 Å². The number of hydrogen-bond acceptors (Lipinski definition) is 5. The third kappa shape index (κ3) is 3.99. The number of fused-ring (bicyclic) bond motifs is 1. The van der Waals surface area contributed by atoms with Crippen LogP contribution in [0.25, 0.3) is 10.2 Å². The van der Waals surface area contributed by atoms with E-state index in [0.717, 1.165) is 41.1 Å².